The molecule has 4 rings (SSSR count). The number of nitrogens with two attached hydrogens (primary N) is 1. The van der Waals surface area contributed by atoms with E-state index in [1.165, 1.54) is 0 Å². The van der Waals surface area contributed by atoms with Gasteiger partial charge >= 0.3 is 0 Å². The monoisotopic (exact) mass is 524 g/mol. The molecule has 0 spiro atoms. The van der Waals surface area contributed by atoms with Crippen LogP contribution in [0.2, 0.25) is 0 Å². The van der Waals surface area contributed by atoms with Gasteiger partial charge in [-0.05, 0) is 69.1 Å². The van der Waals surface area contributed by atoms with Crippen LogP contribution in [0, 0.1) is 11.8 Å². The Morgan fingerprint density at radius 2 is 1.84 bits per heavy atom. The lowest BCUT2D eigenvalue weighted by Crippen LogP contribution is -2.49. The number of rotatable bonds is 11. The van der Waals surface area contributed by atoms with Crippen molar-refractivity contribution in [3.8, 4) is 11.5 Å². The first-order valence-corrected chi connectivity index (χ1v) is 14.2. The van der Waals surface area contributed by atoms with Gasteiger partial charge in [0.2, 0.25) is 5.91 Å². The Bertz CT molecular complexity index is 1050. The van der Waals surface area contributed by atoms with Gasteiger partial charge in [-0.3, -0.25) is 4.79 Å². The Balaban J connectivity index is 1.62. The molecule has 2 aromatic rings. The summed E-state index contributed by atoms with van der Waals surface area (Å²) in [6.07, 6.45) is 4.96. The normalized spacial score (nSPS) is 25.2. The number of aliphatic hydroxyl groups excluding tert-OH is 1. The number of aliphatic hydroxyl groups is 2. The molecule has 0 bridgehead atoms. The van der Waals surface area contributed by atoms with Gasteiger partial charge in [0.25, 0.3) is 0 Å². The van der Waals surface area contributed by atoms with Crippen molar-refractivity contribution < 1.29 is 24.5 Å². The number of carbonyl (C=O) groups is 1. The Morgan fingerprint density at radius 1 is 1.11 bits per heavy atom. The molecule has 2 aromatic carbocycles. The smallest absolute Gasteiger partial charge is 0.225 e. The van der Waals surface area contributed by atoms with E-state index in [9.17, 15) is 15.0 Å². The van der Waals surface area contributed by atoms with E-state index in [-0.39, 0.29) is 23.8 Å². The zero-order valence-electron chi connectivity index (χ0n) is 22.9. The average Bonchev–Trinajstić information content (AvgIpc) is 3.29. The van der Waals surface area contributed by atoms with Crippen LogP contribution in [0.1, 0.15) is 63.0 Å². The van der Waals surface area contributed by atoms with Crippen molar-refractivity contribution >= 4 is 5.91 Å². The van der Waals surface area contributed by atoms with E-state index in [4.69, 9.17) is 15.2 Å². The average molecular weight is 525 g/mol. The SMILES string of the molecule is CCc1ccccc1Oc1ccccc1C(O)(CCCCOC)C1CCCN(C(=O)C2CC(N)C(O)C2)C1. The lowest BCUT2D eigenvalue weighted by molar-refractivity contribution is -0.141. The number of ether oxygens (including phenoxy) is 2. The minimum absolute atomic E-state index is 0.0461. The van der Waals surface area contributed by atoms with Gasteiger partial charge in [-0.15, -0.1) is 0 Å². The van der Waals surface area contributed by atoms with Crippen molar-refractivity contribution in [3.63, 3.8) is 0 Å². The van der Waals surface area contributed by atoms with Crippen molar-refractivity contribution in [2.24, 2.45) is 17.6 Å². The maximum absolute atomic E-state index is 13.4. The van der Waals surface area contributed by atoms with E-state index >= 15 is 0 Å². The van der Waals surface area contributed by atoms with Crippen LogP contribution in [0.15, 0.2) is 48.5 Å². The van der Waals surface area contributed by atoms with E-state index in [1.54, 1.807) is 7.11 Å². The second-order valence-corrected chi connectivity index (χ2v) is 11.0. The Kier molecular flexibility index (Phi) is 9.82. The number of carbonyl (C=O) groups excluding carboxylic acids is 1. The minimum atomic E-state index is -1.17. The zero-order valence-corrected chi connectivity index (χ0v) is 22.9. The fraction of sp³-hybridized carbons (Fsp3) is 0.581. The molecule has 2 aliphatic rings. The molecule has 1 aliphatic carbocycles. The molecule has 0 radical (unpaired) electrons. The van der Waals surface area contributed by atoms with Gasteiger partial charge in [-0.1, -0.05) is 43.3 Å². The van der Waals surface area contributed by atoms with Crippen molar-refractivity contribution in [2.45, 2.75) is 76.0 Å². The maximum atomic E-state index is 13.4. The fourth-order valence-electron chi connectivity index (χ4n) is 6.20. The molecule has 1 saturated carbocycles. The molecule has 2 fully saturated rings. The Morgan fingerprint density at radius 3 is 2.55 bits per heavy atom. The molecule has 7 heteroatoms. The molecule has 4 N–H and O–H groups in total. The van der Waals surface area contributed by atoms with Gasteiger partial charge in [0, 0.05) is 50.2 Å². The number of hydrogen-bond donors (Lipinski definition) is 3. The highest BCUT2D eigenvalue weighted by molar-refractivity contribution is 5.79. The molecule has 5 unspecified atom stereocenters. The Labute approximate surface area is 226 Å². The van der Waals surface area contributed by atoms with Gasteiger partial charge in [-0.2, -0.15) is 0 Å². The van der Waals surface area contributed by atoms with E-state index in [0.717, 1.165) is 49.0 Å². The molecular formula is C31H44N2O5. The highest BCUT2D eigenvalue weighted by Crippen LogP contribution is 2.45. The van der Waals surface area contributed by atoms with Crippen LogP contribution >= 0.6 is 0 Å². The number of likely N-dealkylation sites (tertiary alicyclic amines) is 1. The van der Waals surface area contributed by atoms with E-state index < -0.39 is 11.7 Å². The summed E-state index contributed by atoms with van der Waals surface area (Å²) in [4.78, 5) is 15.3. The summed E-state index contributed by atoms with van der Waals surface area (Å²) in [5, 5.41) is 22.6. The van der Waals surface area contributed by atoms with Crippen LogP contribution in [0.5, 0.6) is 11.5 Å². The number of methoxy groups -OCH3 is 1. The van der Waals surface area contributed by atoms with Crippen LogP contribution in [0.25, 0.3) is 0 Å². The topological polar surface area (TPSA) is 105 Å². The second-order valence-electron chi connectivity index (χ2n) is 11.0. The maximum Gasteiger partial charge on any atom is 0.225 e. The summed E-state index contributed by atoms with van der Waals surface area (Å²) in [6, 6.07) is 15.4. The number of nitrogens with zero attached hydrogens (tertiary/aromatic N) is 1. The van der Waals surface area contributed by atoms with Crippen LogP contribution < -0.4 is 10.5 Å². The molecule has 1 amide bonds. The van der Waals surface area contributed by atoms with Crippen LogP contribution in [0.4, 0.5) is 0 Å². The number of hydrogen-bond acceptors (Lipinski definition) is 6. The lowest BCUT2D eigenvalue weighted by Gasteiger charge is -2.44. The first-order chi connectivity index (χ1) is 18.4. The highest BCUT2D eigenvalue weighted by Gasteiger charge is 2.44. The van der Waals surface area contributed by atoms with Gasteiger partial charge < -0.3 is 30.3 Å². The highest BCUT2D eigenvalue weighted by atomic mass is 16.5. The summed E-state index contributed by atoms with van der Waals surface area (Å²) in [7, 11) is 1.69. The molecular weight excluding hydrogens is 480 g/mol. The van der Waals surface area contributed by atoms with Gasteiger partial charge in [-0.25, -0.2) is 0 Å². The summed E-state index contributed by atoms with van der Waals surface area (Å²) < 4.78 is 11.7. The minimum Gasteiger partial charge on any atom is -0.457 e. The van der Waals surface area contributed by atoms with Crippen LogP contribution in [0.3, 0.4) is 0 Å². The fourth-order valence-corrected chi connectivity index (χ4v) is 6.20. The quantitative estimate of drug-likeness (QED) is 0.377. The van der Waals surface area contributed by atoms with E-state index in [1.807, 2.05) is 47.4 Å². The van der Waals surface area contributed by atoms with E-state index in [0.29, 0.717) is 44.7 Å². The number of aryl methyl sites for hydroxylation is 1. The lowest BCUT2D eigenvalue weighted by atomic mass is 9.73. The number of benzene rings is 2. The first kappa shape index (κ1) is 28.6. The number of unbranched alkanes of at least 4 members (excludes halogenated alkanes) is 1. The van der Waals surface area contributed by atoms with Crippen LogP contribution in [-0.4, -0.2) is 60.0 Å². The van der Waals surface area contributed by atoms with E-state index in [2.05, 4.69) is 13.0 Å². The third-order valence-corrected chi connectivity index (χ3v) is 8.42. The molecule has 1 aliphatic heterocycles. The molecule has 7 nitrogen and oxygen atoms in total. The molecule has 0 aromatic heterocycles. The van der Waals surface area contributed by atoms with Gasteiger partial charge in [0.15, 0.2) is 0 Å². The molecule has 1 heterocycles. The molecule has 1 saturated heterocycles. The third-order valence-electron chi connectivity index (χ3n) is 8.42. The summed E-state index contributed by atoms with van der Waals surface area (Å²) in [6.45, 7) is 3.88. The second kappa shape index (κ2) is 13.1. The summed E-state index contributed by atoms with van der Waals surface area (Å²) in [5.74, 6) is 1.09. The van der Waals surface area contributed by atoms with Crippen molar-refractivity contribution in [3.05, 3.63) is 59.7 Å². The predicted octanol–water partition coefficient (Wildman–Crippen LogP) is 4.38. The van der Waals surface area contributed by atoms with Crippen LogP contribution in [-0.2, 0) is 21.6 Å². The zero-order chi connectivity index (χ0) is 27.1. The van der Waals surface area contributed by atoms with Crippen molar-refractivity contribution in [1.29, 1.82) is 0 Å². The molecule has 5 atom stereocenters. The number of para-hydroxylation sites is 2. The Hall–Kier alpha value is -2.45. The number of amides is 1. The third kappa shape index (κ3) is 6.40. The summed E-state index contributed by atoms with van der Waals surface area (Å²) >= 11 is 0. The van der Waals surface area contributed by atoms with Gasteiger partial charge in [0.05, 0.1) is 11.7 Å². The van der Waals surface area contributed by atoms with Crippen molar-refractivity contribution in [1.82, 2.24) is 4.90 Å². The molecule has 38 heavy (non-hydrogen) atoms. The largest absolute Gasteiger partial charge is 0.457 e. The summed E-state index contributed by atoms with van der Waals surface area (Å²) in [5.41, 5.74) is 6.71. The van der Waals surface area contributed by atoms with Gasteiger partial charge in [0.1, 0.15) is 11.5 Å². The van der Waals surface area contributed by atoms with Crippen molar-refractivity contribution in [2.75, 3.05) is 26.8 Å². The predicted molar refractivity (Wildman–Crippen MR) is 148 cm³/mol. The standard InChI is InChI=1S/C31H44N2O5/c1-3-22-11-4-6-14-28(22)38-29-15-7-5-13-25(29)31(36,16-8-9-18-37-2)24-12-10-17-33(21-24)30(35)23-19-26(32)27(34)20-23/h4-7,11,13-15,23-24,26-27,34,36H,3,8-10,12,16-21,32H2,1-2H3. The number of piperidine rings is 1. The molecule has 208 valence electrons. The first-order valence-electron chi connectivity index (χ1n) is 14.2.